The number of nitrogens with two attached hydrogens (primary N) is 1. The molecule has 1 amide bonds. The first-order chi connectivity index (χ1) is 20.7. The van der Waals surface area contributed by atoms with Gasteiger partial charge in [-0.3, -0.25) is 9.59 Å². The van der Waals surface area contributed by atoms with Crippen LogP contribution in [0, 0.1) is 24.9 Å². The summed E-state index contributed by atoms with van der Waals surface area (Å²) < 4.78 is 51.9. The summed E-state index contributed by atoms with van der Waals surface area (Å²) >= 11 is 0. The van der Waals surface area contributed by atoms with E-state index < -0.39 is 24.6 Å². The fourth-order valence-electron chi connectivity index (χ4n) is 4.87. The van der Waals surface area contributed by atoms with Crippen LogP contribution in [0.25, 0.3) is 16.6 Å². The van der Waals surface area contributed by atoms with Crippen LogP contribution in [0.5, 0.6) is 17.4 Å². The van der Waals surface area contributed by atoms with Crippen LogP contribution in [0.4, 0.5) is 24.7 Å². The van der Waals surface area contributed by atoms with Gasteiger partial charge in [-0.1, -0.05) is 6.07 Å². The Bertz CT molecular complexity index is 1870. The highest BCUT2D eigenvalue weighted by atomic mass is 19.3. The minimum atomic E-state index is -2.70. The van der Waals surface area contributed by atoms with Gasteiger partial charge >= 0.3 is 0 Å². The summed E-state index contributed by atoms with van der Waals surface area (Å²) in [5.74, 6) is -1.08. The summed E-state index contributed by atoms with van der Waals surface area (Å²) in [6.07, 6.45) is 1.04. The number of hydrogen-bond acceptors (Lipinski definition) is 7. The number of ether oxygens (including phenoxy) is 2. The second-order valence-electron chi connectivity index (χ2n) is 9.82. The number of carbonyl (C=O) groups is 2. The molecule has 0 spiro atoms. The number of aromatic nitrogens is 4. The number of alkyl halides is 2. The SMILES string of the molecule is Cc1cc(Oc2ccc#cc2F)ncc1-n1ncc(C(=O)c2cc3cc(OCC(F)F)c(N4CCCC4=O)cc3[nH]2)c1N. The molecule has 4 heterocycles. The Balaban J connectivity index is 1.29. The Morgan fingerprint density at radius 3 is 2.74 bits per heavy atom. The zero-order chi connectivity index (χ0) is 30.2. The number of anilines is 2. The van der Waals surface area contributed by atoms with E-state index in [1.165, 1.54) is 40.2 Å². The molecule has 6 rings (SSSR count). The Labute approximate surface area is 242 Å². The van der Waals surface area contributed by atoms with Gasteiger partial charge in [0.25, 0.3) is 6.43 Å². The van der Waals surface area contributed by atoms with Gasteiger partial charge in [-0.15, -0.1) is 0 Å². The molecule has 10 nitrogen and oxygen atoms in total. The van der Waals surface area contributed by atoms with Gasteiger partial charge in [-0.05, 0) is 55.3 Å². The molecular formula is C30H23F3N6O4. The quantitative estimate of drug-likeness (QED) is 0.227. The lowest BCUT2D eigenvalue weighted by molar-refractivity contribution is -0.117. The molecule has 0 atom stereocenters. The number of rotatable bonds is 9. The van der Waals surface area contributed by atoms with Crippen LogP contribution in [0.1, 0.15) is 34.5 Å². The van der Waals surface area contributed by atoms with Crippen LogP contribution >= 0.6 is 0 Å². The molecule has 3 N–H and O–H groups in total. The van der Waals surface area contributed by atoms with Crippen molar-refractivity contribution in [2.24, 2.45) is 0 Å². The summed E-state index contributed by atoms with van der Waals surface area (Å²) in [6, 6.07) is 13.9. The fourth-order valence-corrected chi connectivity index (χ4v) is 4.87. The largest absolute Gasteiger partial charge is 0.485 e. The number of nitrogens with zero attached hydrogens (tertiary/aromatic N) is 4. The molecule has 0 unspecified atom stereocenters. The van der Waals surface area contributed by atoms with E-state index in [0.29, 0.717) is 47.2 Å². The molecule has 5 aromatic rings. The van der Waals surface area contributed by atoms with E-state index in [4.69, 9.17) is 15.2 Å². The number of H-pyrrole nitrogens is 1. The molecule has 1 fully saturated rings. The van der Waals surface area contributed by atoms with E-state index in [1.54, 1.807) is 25.1 Å². The number of amides is 1. The van der Waals surface area contributed by atoms with Gasteiger partial charge in [-0.25, -0.2) is 18.4 Å². The predicted octanol–water partition coefficient (Wildman–Crippen LogP) is 5.17. The van der Waals surface area contributed by atoms with E-state index in [0.717, 1.165) is 0 Å². The maximum Gasteiger partial charge on any atom is 0.272 e. The number of fused-ring (bicyclic) bond motifs is 1. The number of halogens is 3. The first kappa shape index (κ1) is 27.6. The molecule has 0 bridgehead atoms. The van der Waals surface area contributed by atoms with E-state index in [2.05, 4.69) is 27.2 Å². The van der Waals surface area contributed by atoms with Crippen molar-refractivity contribution in [3.8, 4) is 23.1 Å². The zero-order valence-electron chi connectivity index (χ0n) is 22.7. The van der Waals surface area contributed by atoms with E-state index in [-0.39, 0.29) is 40.4 Å². The average Bonchev–Trinajstić information content (AvgIpc) is 3.70. The molecule has 43 heavy (non-hydrogen) atoms. The highest BCUT2D eigenvalue weighted by molar-refractivity contribution is 6.13. The predicted molar refractivity (Wildman–Crippen MR) is 149 cm³/mol. The molecule has 0 aliphatic carbocycles. The molecule has 3 aromatic heterocycles. The minimum Gasteiger partial charge on any atom is -0.485 e. The van der Waals surface area contributed by atoms with Crippen molar-refractivity contribution in [1.29, 1.82) is 0 Å². The molecule has 1 aliphatic rings. The summed E-state index contributed by atoms with van der Waals surface area (Å²) in [7, 11) is 0. The Morgan fingerprint density at radius 2 is 2.02 bits per heavy atom. The fraction of sp³-hybridized carbons (Fsp3) is 0.200. The molecule has 1 saturated heterocycles. The third kappa shape index (κ3) is 5.30. The molecule has 0 radical (unpaired) electrons. The lowest BCUT2D eigenvalue weighted by atomic mass is 10.1. The van der Waals surface area contributed by atoms with Crippen molar-refractivity contribution < 1.29 is 32.2 Å². The summed E-state index contributed by atoms with van der Waals surface area (Å²) in [4.78, 5) is 34.7. The topological polar surface area (TPSA) is 128 Å². The van der Waals surface area contributed by atoms with Gasteiger partial charge in [0.05, 0.1) is 35.0 Å². The number of hydrogen-bond donors (Lipinski definition) is 2. The molecule has 2 aromatic carbocycles. The van der Waals surface area contributed by atoms with Crippen LogP contribution in [-0.4, -0.2) is 51.0 Å². The van der Waals surface area contributed by atoms with Crippen LogP contribution in [-0.2, 0) is 4.79 Å². The number of nitrogens with one attached hydrogen (secondary N) is 1. The summed E-state index contributed by atoms with van der Waals surface area (Å²) in [6.45, 7) is 1.34. The van der Waals surface area contributed by atoms with Crippen LogP contribution in [0.3, 0.4) is 0 Å². The van der Waals surface area contributed by atoms with Crippen molar-refractivity contribution in [3.05, 3.63) is 83.6 Å². The number of aromatic amines is 1. The van der Waals surface area contributed by atoms with Crippen LogP contribution in [0.15, 0.2) is 48.8 Å². The number of nitrogen functional groups attached to an aromatic ring is 1. The Kier molecular flexibility index (Phi) is 7.11. The van der Waals surface area contributed by atoms with Crippen molar-refractivity contribution in [3.63, 3.8) is 0 Å². The molecule has 218 valence electrons. The third-order valence-electron chi connectivity index (χ3n) is 6.94. The van der Waals surface area contributed by atoms with E-state index >= 15 is 0 Å². The lowest BCUT2D eigenvalue weighted by Gasteiger charge is -2.20. The molecule has 1 aliphatic heterocycles. The molecule has 0 saturated carbocycles. The third-order valence-corrected chi connectivity index (χ3v) is 6.94. The number of pyridine rings is 1. The maximum atomic E-state index is 13.9. The number of ketones is 1. The smallest absolute Gasteiger partial charge is 0.272 e. The Morgan fingerprint density at radius 1 is 1.19 bits per heavy atom. The van der Waals surface area contributed by atoms with Gasteiger partial charge in [0.2, 0.25) is 23.4 Å². The minimum absolute atomic E-state index is 0.0470. The average molecular weight is 589 g/mol. The first-order valence-electron chi connectivity index (χ1n) is 13.2. The first-order valence-corrected chi connectivity index (χ1v) is 13.2. The highest BCUT2D eigenvalue weighted by Crippen LogP contribution is 2.37. The van der Waals surface area contributed by atoms with Gasteiger partial charge in [0, 0.05) is 29.9 Å². The van der Waals surface area contributed by atoms with Crippen molar-refractivity contribution in [2.75, 3.05) is 23.8 Å². The van der Waals surface area contributed by atoms with E-state index in [9.17, 15) is 22.8 Å². The van der Waals surface area contributed by atoms with Gasteiger partial charge in [0.1, 0.15) is 18.2 Å². The number of aryl methyl sites for hydroxylation is 1. The van der Waals surface area contributed by atoms with Gasteiger partial charge in [0.15, 0.2) is 5.75 Å². The normalized spacial score (nSPS) is 13.1. The van der Waals surface area contributed by atoms with Crippen molar-refractivity contribution in [2.45, 2.75) is 26.2 Å². The number of benzene rings is 1. The van der Waals surface area contributed by atoms with Crippen LogP contribution in [0.2, 0.25) is 0 Å². The second-order valence-corrected chi connectivity index (χ2v) is 9.82. The number of carbonyl (C=O) groups excluding carboxylic acids is 2. The van der Waals surface area contributed by atoms with Crippen molar-refractivity contribution in [1.82, 2.24) is 19.7 Å². The summed E-state index contributed by atoms with van der Waals surface area (Å²) in [5.41, 5.74) is 8.59. The Hall–Kier alpha value is -5.51. The molecule has 13 heteroatoms. The van der Waals surface area contributed by atoms with Gasteiger partial charge in [-0.2, -0.15) is 9.49 Å². The lowest BCUT2D eigenvalue weighted by Crippen LogP contribution is -2.24. The molecular weight excluding hydrogens is 565 g/mol. The second kappa shape index (κ2) is 11.1. The zero-order valence-corrected chi connectivity index (χ0v) is 22.7. The highest BCUT2D eigenvalue weighted by Gasteiger charge is 2.27. The van der Waals surface area contributed by atoms with Gasteiger partial charge < -0.3 is 25.1 Å². The standard InChI is InChI=1S/C30H23F3N6O4/c1-16-9-27(43-24-6-3-2-5-19(24)31)35-14-23(16)39-30(34)18(13-36-39)29(41)21-10-17-11-25(42-15-26(32)33)22(12-20(17)37-21)38-8-4-7-28(38)40/h3,6,9-14,26,37H,4,7-8,15,34H2,1H3. The monoisotopic (exact) mass is 588 g/mol. The van der Waals surface area contributed by atoms with E-state index in [1.807, 2.05) is 0 Å². The summed E-state index contributed by atoms with van der Waals surface area (Å²) in [5, 5.41) is 4.80. The van der Waals surface area contributed by atoms with Crippen molar-refractivity contribution >= 4 is 34.1 Å². The van der Waals surface area contributed by atoms with Crippen LogP contribution < -0.4 is 20.1 Å². The maximum absolute atomic E-state index is 13.9.